The molecule has 2 rings (SSSR count). The quantitative estimate of drug-likeness (QED) is 0.340. The molecule has 0 aliphatic carbocycles. The van der Waals surface area contributed by atoms with Gasteiger partial charge in [0.05, 0.1) is 13.2 Å². The maximum atomic E-state index is 10.1. The van der Waals surface area contributed by atoms with E-state index in [-0.39, 0.29) is 11.9 Å². The fraction of sp³-hybridized carbons (Fsp3) is 0.667. The summed E-state index contributed by atoms with van der Waals surface area (Å²) in [6.45, 7) is 2.68. The summed E-state index contributed by atoms with van der Waals surface area (Å²) in [5.41, 5.74) is 0. The fourth-order valence-electron chi connectivity index (χ4n) is 0.814. The zero-order valence-electron chi connectivity index (χ0n) is 6.64. The molecule has 0 atom stereocenters. The molecule has 0 aromatic rings. The number of hydrogen-bond donors (Lipinski definition) is 4. The predicted molar refractivity (Wildman–Crippen MR) is 42.4 cm³/mol. The third-order valence-corrected chi connectivity index (χ3v) is 1.39. The van der Waals surface area contributed by atoms with E-state index in [1.807, 2.05) is 0 Å². The van der Waals surface area contributed by atoms with Gasteiger partial charge in [0.15, 0.2) is 0 Å². The van der Waals surface area contributed by atoms with Gasteiger partial charge in [-0.2, -0.15) is 0 Å². The fourth-order valence-corrected chi connectivity index (χ4v) is 0.814. The third-order valence-electron chi connectivity index (χ3n) is 1.39. The van der Waals surface area contributed by atoms with Crippen LogP contribution in [0.3, 0.4) is 0 Å². The Morgan fingerprint density at radius 2 is 1.67 bits per heavy atom. The molecular weight excluding hydrogens is 160 g/mol. The largest absolute Gasteiger partial charge is 0.342 e. The predicted octanol–water partition coefficient (Wildman–Crippen LogP) is -2.04. The average molecular weight is 172 g/mol. The van der Waals surface area contributed by atoms with Crippen molar-refractivity contribution in [3.05, 3.63) is 0 Å². The molecule has 68 valence electrons. The summed E-state index contributed by atoms with van der Waals surface area (Å²) in [6, 6.07) is -0.0463. The van der Waals surface area contributed by atoms with Crippen molar-refractivity contribution in [1.29, 1.82) is 0 Å². The van der Waals surface area contributed by atoms with E-state index in [1.165, 1.54) is 0 Å². The minimum Gasteiger partial charge on any atom is -0.342 e. The first-order valence-electron chi connectivity index (χ1n) is 3.78. The van der Waals surface area contributed by atoms with Crippen LogP contribution in [-0.2, 0) is 4.79 Å². The lowest BCUT2D eigenvalue weighted by Gasteiger charge is -1.80. The molecular formula is C6H12N4O2. The topological polar surface area (TPSA) is 82.3 Å². The number of nitrogens with one attached hydrogen (secondary N) is 4. The monoisotopic (exact) mass is 172 g/mol. The van der Waals surface area contributed by atoms with E-state index in [2.05, 4.69) is 21.3 Å². The van der Waals surface area contributed by atoms with Crippen LogP contribution in [0.25, 0.3) is 0 Å². The first kappa shape index (κ1) is 8.79. The number of amides is 3. The van der Waals surface area contributed by atoms with E-state index in [0.29, 0.717) is 13.2 Å². The van der Waals surface area contributed by atoms with Crippen LogP contribution in [0.15, 0.2) is 0 Å². The molecule has 0 aromatic heterocycles. The molecule has 4 N–H and O–H groups in total. The Morgan fingerprint density at radius 3 is 1.83 bits per heavy atom. The lowest BCUT2D eigenvalue weighted by Crippen LogP contribution is -2.20. The molecule has 0 bridgehead atoms. The molecule has 0 radical (unpaired) electrons. The Kier molecular flexibility index (Phi) is 3.34. The van der Waals surface area contributed by atoms with Crippen molar-refractivity contribution in [2.45, 2.75) is 0 Å². The number of carbonyl (C=O) groups excluding carboxylic acids is 2. The lowest BCUT2D eigenvalue weighted by molar-refractivity contribution is -0.118. The van der Waals surface area contributed by atoms with Crippen LogP contribution in [0.4, 0.5) is 4.79 Å². The maximum absolute atomic E-state index is 10.1. The summed E-state index contributed by atoms with van der Waals surface area (Å²) in [4.78, 5) is 20.1. The summed E-state index contributed by atoms with van der Waals surface area (Å²) in [7, 11) is 0. The number of urea groups is 1. The first-order chi connectivity index (χ1) is 5.79. The van der Waals surface area contributed by atoms with Crippen LogP contribution >= 0.6 is 0 Å². The van der Waals surface area contributed by atoms with E-state index >= 15 is 0 Å². The van der Waals surface area contributed by atoms with Crippen molar-refractivity contribution in [1.82, 2.24) is 21.3 Å². The lowest BCUT2D eigenvalue weighted by atomic mass is 10.7. The van der Waals surface area contributed by atoms with Crippen LogP contribution in [0.2, 0.25) is 0 Å². The second-order valence-corrected chi connectivity index (χ2v) is 2.39. The molecule has 2 aliphatic rings. The van der Waals surface area contributed by atoms with Gasteiger partial charge in [0.25, 0.3) is 0 Å². The molecule has 2 aliphatic heterocycles. The highest BCUT2D eigenvalue weighted by atomic mass is 16.2. The molecule has 6 heteroatoms. The van der Waals surface area contributed by atoms with Gasteiger partial charge >= 0.3 is 6.03 Å². The molecule has 12 heavy (non-hydrogen) atoms. The number of hydrogen-bond acceptors (Lipinski definition) is 3. The Hall–Kier alpha value is -1.30. The first-order valence-corrected chi connectivity index (χ1v) is 3.78. The molecule has 2 heterocycles. The summed E-state index contributed by atoms with van der Waals surface area (Å²) >= 11 is 0. The highest BCUT2D eigenvalue weighted by Gasteiger charge is 2.04. The summed E-state index contributed by atoms with van der Waals surface area (Å²) in [5.74, 6) is 0.0926. The van der Waals surface area contributed by atoms with Gasteiger partial charge < -0.3 is 16.0 Å². The summed E-state index contributed by atoms with van der Waals surface area (Å²) in [5, 5.41) is 10.5. The Morgan fingerprint density at radius 1 is 1.00 bits per heavy atom. The van der Waals surface area contributed by atoms with E-state index in [0.717, 1.165) is 13.1 Å². The summed E-state index contributed by atoms with van der Waals surface area (Å²) in [6.07, 6.45) is 0. The highest BCUT2D eigenvalue weighted by molar-refractivity contribution is 5.79. The SMILES string of the molecule is O=C1CNCN1.O=C1NCCN1. The minimum atomic E-state index is -0.0463. The molecule has 6 nitrogen and oxygen atoms in total. The van der Waals surface area contributed by atoms with Crippen molar-refractivity contribution >= 4 is 11.9 Å². The van der Waals surface area contributed by atoms with Crippen molar-refractivity contribution in [2.75, 3.05) is 26.3 Å². The van der Waals surface area contributed by atoms with Gasteiger partial charge in [0, 0.05) is 13.1 Å². The van der Waals surface area contributed by atoms with Crippen LogP contribution < -0.4 is 21.3 Å². The third kappa shape index (κ3) is 3.20. The Labute approximate surface area is 70.1 Å². The van der Waals surface area contributed by atoms with Crippen LogP contribution in [0.5, 0.6) is 0 Å². The zero-order valence-corrected chi connectivity index (χ0v) is 6.64. The smallest absolute Gasteiger partial charge is 0.314 e. The van der Waals surface area contributed by atoms with Gasteiger partial charge in [-0.1, -0.05) is 0 Å². The van der Waals surface area contributed by atoms with Gasteiger partial charge in [-0.15, -0.1) is 0 Å². The second-order valence-electron chi connectivity index (χ2n) is 2.39. The normalized spacial score (nSPS) is 20.3. The van der Waals surface area contributed by atoms with Crippen molar-refractivity contribution in [3.63, 3.8) is 0 Å². The van der Waals surface area contributed by atoms with Gasteiger partial charge in [-0.25, -0.2) is 4.79 Å². The molecule has 2 saturated heterocycles. The molecule has 0 aromatic carbocycles. The van der Waals surface area contributed by atoms with Gasteiger partial charge in [0.2, 0.25) is 5.91 Å². The Bertz CT molecular complexity index is 146. The van der Waals surface area contributed by atoms with Crippen molar-refractivity contribution in [2.24, 2.45) is 0 Å². The average Bonchev–Trinajstić information content (AvgIpc) is 2.63. The van der Waals surface area contributed by atoms with Crippen molar-refractivity contribution in [3.8, 4) is 0 Å². The van der Waals surface area contributed by atoms with Gasteiger partial charge in [-0.3, -0.25) is 10.1 Å². The van der Waals surface area contributed by atoms with Crippen LogP contribution in [-0.4, -0.2) is 38.2 Å². The summed E-state index contributed by atoms with van der Waals surface area (Å²) < 4.78 is 0. The minimum absolute atomic E-state index is 0.0463. The van der Waals surface area contributed by atoms with Crippen LogP contribution in [0.1, 0.15) is 0 Å². The highest BCUT2D eigenvalue weighted by Crippen LogP contribution is 1.70. The molecule has 0 spiro atoms. The number of carbonyl (C=O) groups is 2. The maximum Gasteiger partial charge on any atom is 0.314 e. The van der Waals surface area contributed by atoms with Crippen molar-refractivity contribution < 1.29 is 9.59 Å². The molecule has 0 unspecified atom stereocenters. The molecule has 0 saturated carbocycles. The van der Waals surface area contributed by atoms with E-state index in [9.17, 15) is 9.59 Å². The second kappa shape index (κ2) is 4.55. The van der Waals surface area contributed by atoms with E-state index in [1.54, 1.807) is 0 Å². The standard InChI is InChI=1S/2C3H6N2O/c6-3-1-4-2-5-3;6-3-4-1-2-5-3/h4H,1-2H2,(H,5,6);1-2H2,(H2,4,5,6). The number of rotatable bonds is 0. The van der Waals surface area contributed by atoms with Gasteiger partial charge in [0.1, 0.15) is 0 Å². The molecule has 2 fully saturated rings. The van der Waals surface area contributed by atoms with E-state index < -0.39 is 0 Å². The van der Waals surface area contributed by atoms with Crippen LogP contribution in [0, 0.1) is 0 Å². The van der Waals surface area contributed by atoms with E-state index in [4.69, 9.17) is 0 Å². The zero-order chi connectivity index (χ0) is 8.81. The Balaban J connectivity index is 0.000000120. The van der Waals surface area contributed by atoms with Gasteiger partial charge in [-0.05, 0) is 0 Å². The molecule has 3 amide bonds.